The lowest BCUT2D eigenvalue weighted by molar-refractivity contribution is -0.133. The first-order valence-electron chi connectivity index (χ1n) is 5.04. The number of carbonyl (C=O) groups excluding carboxylic acids is 1. The summed E-state index contributed by atoms with van der Waals surface area (Å²) < 4.78 is 0. The molecule has 0 aromatic heterocycles. The predicted molar refractivity (Wildman–Crippen MR) is 69.4 cm³/mol. The molecule has 0 bridgehead atoms. The van der Waals surface area contributed by atoms with Crippen molar-refractivity contribution in [2.24, 2.45) is 15.9 Å². The molecular formula is C10H10N2O3S2. The Kier molecular flexibility index (Phi) is 3.68. The standard InChI is InChI=1S/C10H10N2O3S2/c1-2-5-3-6-8(15)11-10(12-9(6)17-5)16-4-7(13)14/h3,6H,2,4H2,1H3,(H,13,14). The van der Waals surface area contributed by atoms with Crippen molar-refractivity contribution in [1.29, 1.82) is 0 Å². The second-order valence-corrected chi connectivity index (χ2v) is 5.52. The number of fused-ring (bicyclic) bond motifs is 1. The van der Waals surface area contributed by atoms with Crippen LogP contribution in [0, 0.1) is 5.92 Å². The number of carbonyl (C=O) groups is 2. The highest BCUT2D eigenvalue weighted by molar-refractivity contribution is 8.18. The normalized spacial score (nSPS) is 22.8. The number of amidine groups is 1. The van der Waals surface area contributed by atoms with Gasteiger partial charge in [-0.05, 0) is 11.3 Å². The van der Waals surface area contributed by atoms with Gasteiger partial charge in [0, 0.05) is 0 Å². The average Bonchev–Trinajstić information content (AvgIpc) is 2.70. The highest BCUT2D eigenvalue weighted by Crippen LogP contribution is 2.37. The van der Waals surface area contributed by atoms with Gasteiger partial charge in [-0.25, -0.2) is 4.99 Å². The van der Waals surface area contributed by atoms with Gasteiger partial charge in [-0.15, -0.1) is 0 Å². The molecule has 7 heteroatoms. The Hall–Kier alpha value is -1.08. The van der Waals surface area contributed by atoms with Crippen LogP contribution in [0.25, 0.3) is 0 Å². The zero-order chi connectivity index (χ0) is 12.4. The molecule has 1 atom stereocenters. The van der Waals surface area contributed by atoms with Gasteiger partial charge in [0.1, 0.15) is 5.92 Å². The summed E-state index contributed by atoms with van der Waals surface area (Å²) in [5.74, 6) is -1.67. The third-order valence-corrected chi connectivity index (χ3v) is 4.28. The monoisotopic (exact) mass is 270 g/mol. The van der Waals surface area contributed by atoms with Crippen LogP contribution in [-0.2, 0) is 9.59 Å². The summed E-state index contributed by atoms with van der Waals surface area (Å²) in [4.78, 5) is 31.3. The molecule has 0 fully saturated rings. The Balaban J connectivity index is 2.11. The summed E-state index contributed by atoms with van der Waals surface area (Å²) in [5, 5.41) is 9.52. The minimum Gasteiger partial charge on any atom is -0.481 e. The Morgan fingerprint density at radius 3 is 3.00 bits per heavy atom. The summed E-state index contributed by atoms with van der Waals surface area (Å²) in [7, 11) is 0. The van der Waals surface area contributed by atoms with Crippen LogP contribution in [0.3, 0.4) is 0 Å². The summed E-state index contributed by atoms with van der Waals surface area (Å²) in [6, 6.07) is 0. The lowest BCUT2D eigenvalue weighted by Gasteiger charge is -2.11. The topological polar surface area (TPSA) is 79.1 Å². The highest BCUT2D eigenvalue weighted by Gasteiger charge is 2.33. The van der Waals surface area contributed by atoms with Crippen molar-refractivity contribution in [2.45, 2.75) is 13.3 Å². The van der Waals surface area contributed by atoms with Gasteiger partial charge >= 0.3 is 5.97 Å². The average molecular weight is 270 g/mol. The number of nitrogens with zero attached hydrogens (tertiary/aromatic N) is 2. The van der Waals surface area contributed by atoms with E-state index >= 15 is 0 Å². The maximum Gasteiger partial charge on any atom is 0.313 e. The van der Waals surface area contributed by atoms with E-state index in [1.54, 1.807) is 0 Å². The van der Waals surface area contributed by atoms with Crippen molar-refractivity contribution in [1.82, 2.24) is 0 Å². The Labute approximate surface area is 106 Å². The summed E-state index contributed by atoms with van der Waals surface area (Å²) in [5.41, 5.74) is 0. The molecule has 90 valence electrons. The largest absolute Gasteiger partial charge is 0.481 e. The van der Waals surface area contributed by atoms with E-state index in [0.29, 0.717) is 0 Å². The number of carboxylic acid groups (broad SMARTS) is 1. The molecular weight excluding hydrogens is 260 g/mol. The zero-order valence-corrected chi connectivity index (χ0v) is 10.7. The molecule has 2 rings (SSSR count). The molecule has 0 saturated carbocycles. The molecule has 2 aliphatic heterocycles. The molecule has 1 amide bonds. The van der Waals surface area contributed by atoms with Crippen molar-refractivity contribution >= 4 is 45.6 Å². The van der Waals surface area contributed by atoms with E-state index in [0.717, 1.165) is 28.1 Å². The molecule has 0 aromatic carbocycles. The number of aliphatic carboxylic acids is 1. The van der Waals surface area contributed by atoms with Crippen LogP contribution in [-0.4, -0.2) is 32.9 Å². The minimum absolute atomic E-state index is 0.133. The minimum atomic E-state index is -0.945. The van der Waals surface area contributed by atoms with E-state index in [9.17, 15) is 9.59 Å². The number of hydrogen-bond acceptors (Lipinski definition) is 5. The first kappa shape index (κ1) is 12.4. The van der Waals surface area contributed by atoms with Gasteiger partial charge in [0.2, 0.25) is 0 Å². The van der Waals surface area contributed by atoms with Crippen LogP contribution in [0.1, 0.15) is 13.3 Å². The van der Waals surface area contributed by atoms with E-state index in [2.05, 4.69) is 9.98 Å². The van der Waals surface area contributed by atoms with Crippen molar-refractivity contribution in [3.05, 3.63) is 11.0 Å². The van der Waals surface area contributed by atoms with Crippen LogP contribution in [0.15, 0.2) is 21.0 Å². The molecule has 1 N–H and O–H groups in total. The fourth-order valence-corrected chi connectivity index (χ4v) is 3.10. The molecule has 2 aliphatic rings. The number of thioether (sulfide) groups is 2. The van der Waals surface area contributed by atoms with Crippen LogP contribution < -0.4 is 0 Å². The highest BCUT2D eigenvalue weighted by atomic mass is 32.2. The maximum absolute atomic E-state index is 11.7. The fourth-order valence-electron chi connectivity index (χ4n) is 1.42. The molecule has 0 spiro atoms. The molecule has 0 radical (unpaired) electrons. The number of hydrogen-bond donors (Lipinski definition) is 1. The van der Waals surface area contributed by atoms with Crippen LogP contribution in [0.4, 0.5) is 0 Å². The first-order chi connectivity index (χ1) is 8.10. The smallest absolute Gasteiger partial charge is 0.313 e. The van der Waals surface area contributed by atoms with E-state index in [1.807, 2.05) is 13.0 Å². The molecule has 0 saturated heterocycles. The van der Waals surface area contributed by atoms with Gasteiger partial charge in [0.25, 0.3) is 5.91 Å². The molecule has 0 aromatic rings. The van der Waals surface area contributed by atoms with E-state index in [-0.39, 0.29) is 22.7 Å². The quantitative estimate of drug-likeness (QED) is 0.845. The Morgan fingerprint density at radius 1 is 1.59 bits per heavy atom. The van der Waals surface area contributed by atoms with Gasteiger partial charge in [-0.3, -0.25) is 9.59 Å². The molecule has 17 heavy (non-hydrogen) atoms. The van der Waals surface area contributed by atoms with Crippen LogP contribution in [0.2, 0.25) is 0 Å². The SMILES string of the molecule is CCC1=CC2C(=O)N=C(SCC(=O)O)N=C2S1. The van der Waals surface area contributed by atoms with E-state index in [1.165, 1.54) is 11.8 Å². The molecule has 1 unspecified atom stereocenters. The van der Waals surface area contributed by atoms with Crippen LogP contribution in [0.5, 0.6) is 0 Å². The van der Waals surface area contributed by atoms with Crippen molar-refractivity contribution < 1.29 is 14.7 Å². The first-order valence-corrected chi connectivity index (χ1v) is 6.84. The summed E-state index contributed by atoms with van der Waals surface area (Å²) in [6.45, 7) is 2.02. The van der Waals surface area contributed by atoms with Crippen molar-refractivity contribution in [3.63, 3.8) is 0 Å². The third-order valence-electron chi connectivity index (χ3n) is 2.21. The molecule has 2 heterocycles. The number of aliphatic imine (C=N–C) groups is 2. The lowest BCUT2D eigenvalue weighted by Crippen LogP contribution is -2.21. The molecule has 5 nitrogen and oxygen atoms in total. The third kappa shape index (κ3) is 2.78. The number of rotatable bonds is 3. The Bertz CT molecular complexity index is 468. The van der Waals surface area contributed by atoms with E-state index < -0.39 is 5.97 Å². The van der Waals surface area contributed by atoms with Gasteiger partial charge in [0.15, 0.2) is 5.17 Å². The second-order valence-electron chi connectivity index (χ2n) is 3.43. The van der Waals surface area contributed by atoms with Crippen molar-refractivity contribution in [2.75, 3.05) is 5.75 Å². The van der Waals surface area contributed by atoms with Crippen LogP contribution >= 0.6 is 23.5 Å². The zero-order valence-electron chi connectivity index (χ0n) is 9.04. The molecule has 0 aliphatic carbocycles. The Morgan fingerprint density at radius 2 is 2.35 bits per heavy atom. The second kappa shape index (κ2) is 5.05. The van der Waals surface area contributed by atoms with Gasteiger partial charge in [-0.1, -0.05) is 36.5 Å². The number of amides is 1. The van der Waals surface area contributed by atoms with Gasteiger partial charge in [0.05, 0.1) is 10.8 Å². The maximum atomic E-state index is 11.7. The summed E-state index contributed by atoms with van der Waals surface area (Å²) in [6.07, 6.45) is 2.75. The fraction of sp³-hybridized carbons (Fsp3) is 0.400. The summed E-state index contributed by atoms with van der Waals surface area (Å²) >= 11 is 2.46. The number of carboxylic acids is 1. The predicted octanol–water partition coefficient (Wildman–Crippen LogP) is 1.76. The van der Waals surface area contributed by atoms with Crippen molar-refractivity contribution in [3.8, 4) is 0 Å². The lowest BCUT2D eigenvalue weighted by atomic mass is 10.1. The van der Waals surface area contributed by atoms with Gasteiger partial charge in [-0.2, -0.15) is 4.99 Å². The van der Waals surface area contributed by atoms with E-state index in [4.69, 9.17) is 5.11 Å². The van der Waals surface area contributed by atoms with Gasteiger partial charge < -0.3 is 5.11 Å². The number of allylic oxidation sites excluding steroid dienone is 1.